The Morgan fingerprint density at radius 1 is 1.47 bits per heavy atom. The molecule has 1 aromatic carbocycles. The van der Waals surface area contributed by atoms with Gasteiger partial charge in [0, 0.05) is 11.0 Å². The van der Waals surface area contributed by atoms with Crippen LogP contribution in [0.2, 0.25) is 5.02 Å². The predicted octanol–water partition coefficient (Wildman–Crippen LogP) is 3.37. The molecule has 5 heteroatoms. The van der Waals surface area contributed by atoms with Crippen LogP contribution in [0.25, 0.3) is 0 Å². The van der Waals surface area contributed by atoms with Gasteiger partial charge in [0.15, 0.2) is 0 Å². The van der Waals surface area contributed by atoms with Crippen LogP contribution in [0.3, 0.4) is 0 Å². The summed E-state index contributed by atoms with van der Waals surface area (Å²) in [5.41, 5.74) is 8.12. The number of hydrogen-bond donors (Lipinski definition) is 1. The molecule has 0 radical (unpaired) electrons. The summed E-state index contributed by atoms with van der Waals surface area (Å²) in [6.45, 7) is 2.76. The van der Waals surface area contributed by atoms with E-state index >= 15 is 0 Å². The van der Waals surface area contributed by atoms with E-state index in [-0.39, 0.29) is 6.04 Å². The lowest BCUT2D eigenvalue weighted by Gasteiger charge is -2.16. The summed E-state index contributed by atoms with van der Waals surface area (Å²) in [5, 5.41) is 4.81. The first-order valence-electron chi connectivity index (χ1n) is 5.36. The number of rotatable bonds is 3. The van der Waals surface area contributed by atoms with Crippen molar-refractivity contribution in [1.29, 1.82) is 0 Å². The minimum atomic E-state index is -0.277. The van der Waals surface area contributed by atoms with E-state index in [0.29, 0.717) is 5.02 Å². The number of nitrogens with zero attached hydrogens (tertiary/aromatic N) is 2. The molecule has 1 unspecified atom stereocenters. The van der Waals surface area contributed by atoms with Gasteiger partial charge in [-0.1, -0.05) is 45.7 Å². The Hall–Kier alpha value is -0.840. The van der Waals surface area contributed by atoms with Crippen LogP contribution in [-0.2, 0) is 6.54 Å². The molecule has 3 nitrogen and oxygen atoms in total. The third kappa shape index (κ3) is 2.39. The molecule has 0 amide bonds. The third-order valence-corrected chi connectivity index (χ3v) is 3.68. The molecule has 90 valence electrons. The van der Waals surface area contributed by atoms with Gasteiger partial charge in [0.2, 0.25) is 0 Å². The summed E-state index contributed by atoms with van der Waals surface area (Å²) in [6, 6.07) is 7.59. The fraction of sp³-hybridized carbons (Fsp3) is 0.250. The molecule has 0 fully saturated rings. The van der Waals surface area contributed by atoms with Gasteiger partial charge in [-0.15, -0.1) is 0 Å². The molecule has 0 aliphatic rings. The summed E-state index contributed by atoms with van der Waals surface area (Å²) < 4.78 is 2.80. The van der Waals surface area contributed by atoms with Gasteiger partial charge in [-0.3, -0.25) is 4.68 Å². The number of hydrogen-bond acceptors (Lipinski definition) is 2. The maximum atomic E-state index is 6.26. The highest BCUT2D eigenvalue weighted by atomic mass is 79.9. The molecule has 0 saturated heterocycles. The van der Waals surface area contributed by atoms with E-state index in [0.717, 1.165) is 22.3 Å². The second-order valence-electron chi connectivity index (χ2n) is 3.69. The zero-order chi connectivity index (χ0) is 12.4. The van der Waals surface area contributed by atoms with Crippen LogP contribution < -0.4 is 5.73 Å². The van der Waals surface area contributed by atoms with Crippen LogP contribution >= 0.6 is 27.5 Å². The molecule has 0 aliphatic carbocycles. The predicted molar refractivity (Wildman–Crippen MR) is 73.1 cm³/mol. The normalized spacial score (nSPS) is 12.7. The van der Waals surface area contributed by atoms with Crippen molar-refractivity contribution in [1.82, 2.24) is 9.78 Å². The fourth-order valence-corrected chi connectivity index (χ4v) is 2.60. The van der Waals surface area contributed by atoms with Gasteiger partial charge in [-0.25, -0.2) is 0 Å². The minimum absolute atomic E-state index is 0.277. The van der Waals surface area contributed by atoms with Crippen LogP contribution in [0.4, 0.5) is 0 Å². The Labute approximate surface area is 114 Å². The molecule has 1 heterocycles. The molecule has 17 heavy (non-hydrogen) atoms. The Bertz CT molecular complexity index is 524. The van der Waals surface area contributed by atoms with Crippen LogP contribution in [0.5, 0.6) is 0 Å². The van der Waals surface area contributed by atoms with E-state index in [1.165, 1.54) is 0 Å². The maximum absolute atomic E-state index is 6.26. The summed E-state index contributed by atoms with van der Waals surface area (Å²) in [6.07, 6.45) is 1.64. The van der Waals surface area contributed by atoms with E-state index in [4.69, 9.17) is 17.3 Å². The number of halogens is 2. The summed E-state index contributed by atoms with van der Waals surface area (Å²) in [5.74, 6) is 0. The Morgan fingerprint density at radius 2 is 2.18 bits per heavy atom. The van der Waals surface area contributed by atoms with Crippen molar-refractivity contribution < 1.29 is 0 Å². The molecule has 0 aliphatic heterocycles. The van der Waals surface area contributed by atoms with Crippen molar-refractivity contribution in [2.75, 3.05) is 0 Å². The van der Waals surface area contributed by atoms with Gasteiger partial charge < -0.3 is 5.73 Å². The van der Waals surface area contributed by atoms with E-state index < -0.39 is 0 Å². The Kier molecular flexibility index (Phi) is 3.86. The third-order valence-electron chi connectivity index (χ3n) is 2.67. The highest BCUT2D eigenvalue weighted by Gasteiger charge is 2.19. The number of benzene rings is 1. The summed E-state index contributed by atoms with van der Waals surface area (Å²) in [7, 11) is 0. The number of aromatic nitrogens is 2. The van der Waals surface area contributed by atoms with E-state index in [2.05, 4.69) is 21.0 Å². The number of nitrogens with two attached hydrogens (primary N) is 1. The highest BCUT2D eigenvalue weighted by Crippen LogP contribution is 2.30. The van der Waals surface area contributed by atoms with Crippen molar-refractivity contribution >= 4 is 27.5 Å². The van der Waals surface area contributed by atoms with Crippen LogP contribution in [-0.4, -0.2) is 9.78 Å². The quantitative estimate of drug-likeness (QED) is 0.944. The molecule has 2 aromatic rings. The topological polar surface area (TPSA) is 43.8 Å². The summed E-state index contributed by atoms with van der Waals surface area (Å²) in [4.78, 5) is 0. The van der Waals surface area contributed by atoms with E-state index in [1.807, 2.05) is 35.9 Å². The van der Waals surface area contributed by atoms with Crippen LogP contribution in [0.1, 0.15) is 24.2 Å². The molecule has 1 atom stereocenters. The lowest BCUT2D eigenvalue weighted by atomic mass is 10.0. The first-order chi connectivity index (χ1) is 8.15. The molecule has 1 aromatic heterocycles. The molecule has 2 rings (SSSR count). The standard InChI is InChI=1S/C12H13BrClN3/c1-2-17-12(10(14)7-16-17)11(15)8-5-3-4-6-9(8)13/h3-7,11H,2,15H2,1H3. The molecular formula is C12H13BrClN3. The largest absolute Gasteiger partial charge is 0.319 e. The van der Waals surface area contributed by atoms with Crippen molar-refractivity contribution in [3.63, 3.8) is 0 Å². The van der Waals surface area contributed by atoms with Gasteiger partial charge in [0.05, 0.1) is 23.0 Å². The molecule has 0 bridgehead atoms. The first-order valence-corrected chi connectivity index (χ1v) is 6.53. The van der Waals surface area contributed by atoms with E-state index in [9.17, 15) is 0 Å². The fourth-order valence-electron chi connectivity index (χ4n) is 1.81. The summed E-state index contributed by atoms with van der Waals surface area (Å²) >= 11 is 9.64. The van der Waals surface area contributed by atoms with Crippen LogP contribution in [0.15, 0.2) is 34.9 Å². The van der Waals surface area contributed by atoms with Crippen molar-refractivity contribution in [3.05, 3.63) is 51.2 Å². The Morgan fingerprint density at radius 3 is 2.82 bits per heavy atom. The van der Waals surface area contributed by atoms with Crippen molar-refractivity contribution in [3.8, 4) is 0 Å². The van der Waals surface area contributed by atoms with Crippen molar-refractivity contribution in [2.45, 2.75) is 19.5 Å². The monoisotopic (exact) mass is 313 g/mol. The lowest BCUT2D eigenvalue weighted by molar-refractivity contribution is 0.600. The van der Waals surface area contributed by atoms with Gasteiger partial charge in [-0.2, -0.15) is 5.10 Å². The zero-order valence-corrected chi connectivity index (χ0v) is 11.7. The molecule has 2 N–H and O–H groups in total. The minimum Gasteiger partial charge on any atom is -0.319 e. The second kappa shape index (κ2) is 5.21. The highest BCUT2D eigenvalue weighted by molar-refractivity contribution is 9.10. The maximum Gasteiger partial charge on any atom is 0.0837 e. The average molecular weight is 315 g/mol. The van der Waals surface area contributed by atoms with Crippen molar-refractivity contribution in [2.24, 2.45) is 5.73 Å². The Balaban J connectivity index is 2.47. The van der Waals surface area contributed by atoms with Gasteiger partial charge in [-0.05, 0) is 18.6 Å². The van der Waals surface area contributed by atoms with Gasteiger partial charge in [0.1, 0.15) is 0 Å². The smallest absolute Gasteiger partial charge is 0.0837 e. The lowest BCUT2D eigenvalue weighted by Crippen LogP contribution is -2.18. The second-order valence-corrected chi connectivity index (χ2v) is 4.95. The van der Waals surface area contributed by atoms with E-state index in [1.54, 1.807) is 6.20 Å². The SMILES string of the molecule is CCn1ncc(Cl)c1C(N)c1ccccc1Br. The average Bonchev–Trinajstić information content (AvgIpc) is 2.70. The molecule has 0 spiro atoms. The van der Waals surface area contributed by atoms with Crippen LogP contribution in [0, 0.1) is 0 Å². The van der Waals surface area contributed by atoms with Gasteiger partial charge >= 0.3 is 0 Å². The molecule has 0 saturated carbocycles. The first kappa shape index (κ1) is 12.6. The number of aryl methyl sites for hydroxylation is 1. The molecular weight excluding hydrogens is 302 g/mol. The van der Waals surface area contributed by atoms with Gasteiger partial charge in [0.25, 0.3) is 0 Å². The zero-order valence-electron chi connectivity index (χ0n) is 9.40.